The van der Waals surface area contributed by atoms with E-state index in [2.05, 4.69) is 10.00 Å². The Morgan fingerprint density at radius 3 is 2.68 bits per heavy atom. The number of benzene rings is 1. The second-order valence-electron chi connectivity index (χ2n) is 5.43. The molecular formula is C16H20ClN3O2. The molecule has 5 nitrogen and oxygen atoms in total. The van der Waals surface area contributed by atoms with Gasteiger partial charge in [-0.15, -0.1) is 12.4 Å². The quantitative estimate of drug-likeness (QED) is 0.920. The summed E-state index contributed by atoms with van der Waals surface area (Å²) in [6, 6.07) is 6.96. The highest BCUT2D eigenvalue weighted by Gasteiger charge is 2.11. The highest BCUT2D eigenvalue weighted by atomic mass is 35.5. The summed E-state index contributed by atoms with van der Waals surface area (Å²) in [7, 11) is 0. The van der Waals surface area contributed by atoms with Crippen LogP contribution in [0.5, 0.6) is 0 Å². The molecule has 1 fully saturated rings. The molecule has 3 rings (SSSR count). The molecule has 2 aromatic rings. The Morgan fingerprint density at radius 2 is 1.95 bits per heavy atom. The minimum absolute atomic E-state index is 0. The van der Waals surface area contributed by atoms with E-state index in [9.17, 15) is 4.79 Å². The number of aromatic carboxylic acids is 1. The van der Waals surface area contributed by atoms with Crippen LogP contribution in [0.25, 0.3) is 11.1 Å². The monoisotopic (exact) mass is 321 g/mol. The lowest BCUT2D eigenvalue weighted by Crippen LogP contribution is -2.24. The van der Waals surface area contributed by atoms with Gasteiger partial charge in [-0.05, 0) is 43.6 Å². The molecule has 0 aliphatic carbocycles. The maximum absolute atomic E-state index is 11.0. The first-order valence-electron chi connectivity index (χ1n) is 7.31. The number of halogens is 1. The Labute approximate surface area is 136 Å². The van der Waals surface area contributed by atoms with Crippen LogP contribution in [0.4, 0.5) is 0 Å². The minimum atomic E-state index is -0.904. The number of nitrogens with zero attached hydrogens (tertiary/aromatic N) is 3. The third kappa shape index (κ3) is 3.87. The number of carbonyl (C=O) groups is 1. The average Bonchev–Trinajstić information content (AvgIpc) is 3.17. The van der Waals surface area contributed by atoms with Crippen LogP contribution in [0.2, 0.25) is 0 Å². The first-order valence-corrected chi connectivity index (χ1v) is 7.31. The van der Waals surface area contributed by atoms with Gasteiger partial charge in [0.25, 0.3) is 0 Å². The molecule has 2 heterocycles. The van der Waals surface area contributed by atoms with Crippen molar-refractivity contribution in [3.63, 3.8) is 0 Å². The molecule has 0 atom stereocenters. The van der Waals surface area contributed by atoms with Crippen molar-refractivity contribution in [3.05, 3.63) is 42.2 Å². The maximum atomic E-state index is 11.0. The number of rotatable bonds is 5. The number of aromatic nitrogens is 2. The molecule has 0 bridgehead atoms. The van der Waals surface area contributed by atoms with E-state index in [4.69, 9.17) is 5.11 Å². The van der Waals surface area contributed by atoms with Gasteiger partial charge >= 0.3 is 5.97 Å². The fraction of sp³-hybridized carbons (Fsp3) is 0.375. The lowest BCUT2D eigenvalue weighted by molar-refractivity contribution is 0.0697. The van der Waals surface area contributed by atoms with Gasteiger partial charge in [0.1, 0.15) is 0 Å². The summed E-state index contributed by atoms with van der Waals surface area (Å²) in [6.45, 7) is 4.28. The Balaban J connectivity index is 0.00000176. The van der Waals surface area contributed by atoms with Gasteiger partial charge in [0.05, 0.1) is 18.3 Å². The van der Waals surface area contributed by atoms with E-state index >= 15 is 0 Å². The van der Waals surface area contributed by atoms with Crippen LogP contribution < -0.4 is 0 Å². The summed E-state index contributed by atoms with van der Waals surface area (Å²) in [5.41, 5.74) is 2.15. The predicted molar refractivity (Wildman–Crippen MR) is 87.5 cm³/mol. The fourth-order valence-corrected chi connectivity index (χ4v) is 2.72. The van der Waals surface area contributed by atoms with Crippen molar-refractivity contribution in [2.45, 2.75) is 19.4 Å². The average molecular weight is 322 g/mol. The molecular weight excluding hydrogens is 302 g/mol. The van der Waals surface area contributed by atoms with Gasteiger partial charge in [-0.2, -0.15) is 5.10 Å². The lowest BCUT2D eigenvalue weighted by atomic mass is 10.1. The summed E-state index contributed by atoms with van der Waals surface area (Å²) in [5, 5.41) is 13.4. The van der Waals surface area contributed by atoms with Gasteiger partial charge in [0.15, 0.2) is 0 Å². The Hall–Kier alpha value is -1.85. The van der Waals surface area contributed by atoms with Gasteiger partial charge in [-0.1, -0.05) is 12.1 Å². The Bertz CT molecular complexity index is 636. The molecule has 1 aliphatic rings. The van der Waals surface area contributed by atoms with Crippen molar-refractivity contribution in [1.82, 2.24) is 14.7 Å². The van der Waals surface area contributed by atoms with Crippen molar-refractivity contribution >= 4 is 18.4 Å². The molecule has 1 aromatic carbocycles. The normalized spacial score (nSPS) is 14.7. The standard InChI is InChI=1S/C16H19N3O2.ClH/c20-16(21)14-5-3-4-13(10-14)15-11-17-19(12-15)9-8-18-6-1-2-7-18;/h3-5,10-12H,1-2,6-9H2,(H,20,21);1H. The summed E-state index contributed by atoms with van der Waals surface area (Å²) >= 11 is 0. The van der Waals surface area contributed by atoms with Crippen LogP contribution in [0.3, 0.4) is 0 Å². The van der Waals surface area contributed by atoms with Gasteiger partial charge < -0.3 is 10.0 Å². The number of likely N-dealkylation sites (tertiary alicyclic amines) is 1. The van der Waals surface area contributed by atoms with E-state index in [1.165, 1.54) is 25.9 Å². The van der Waals surface area contributed by atoms with E-state index in [-0.39, 0.29) is 12.4 Å². The Kier molecular flexibility index (Phi) is 5.57. The third-order valence-corrected chi connectivity index (χ3v) is 3.92. The molecule has 118 valence electrons. The van der Waals surface area contributed by atoms with Crippen LogP contribution >= 0.6 is 12.4 Å². The second kappa shape index (κ2) is 7.42. The van der Waals surface area contributed by atoms with Gasteiger partial charge in [-0.3, -0.25) is 4.68 Å². The number of carboxylic acids is 1. The van der Waals surface area contributed by atoms with Gasteiger partial charge in [0.2, 0.25) is 0 Å². The lowest BCUT2D eigenvalue weighted by Gasteiger charge is -2.13. The highest BCUT2D eigenvalue weighted by molar-refractivity contribution is 5.89. The van der Waals surface area contributed by atoms with Crippen LogP contribution in [0.1, 0.15) is 23.2 Å². The molecule has 0 radical (unpaired) electrons. The molecule has 0 saturated carbocycles. The molecule has 1 aliphatic heterocycles. The fourth-order valence-electron chi connectivity index (χ4n) is 2.72. The molecule has 0 unspecified atom stereocenters. The van der Waals surface area contributed by atoms with E-state index in [0.29, 0.717) is 5.56 Å². The molecule has 6 heteroatoms. The van der Waals surface area contributed by atoms with Crippen molar-refractivity contribution in [1.29, 1.82) is 0 Å². The Morgan fingerprint density at radius 1 is 1.18 bits per heavy atom. The minimum Gasteiger partial charge on any atom is -0.478 e. The molecule has 0 amide bonds. The van der Waals surface area contributed by atoms with Crippen molar-refractivity contribution in [2.24, 2.45) is 0 Å². The van der Waals surface area contributed by atoms with Crippen LogP contribution in [-0.4, -0.2) is 45.4 Å². The third-order valence-electron chi connectivity index (χ3n) is 3.92. The predicted octanol–water partition coefficient (Wildman–Crippen LogP) is 2.77. The van der Waals surface area contributed by atoms with E-state index in [1.54, 1.807) is 24.4 Å². The van der Waals surface area contributed by atoms with E-state index in [1.807, 2.05) is 16.9 Å². The van der Waals surface area contributed by atoms with Crippen molar-refractivity contribution in [2.75, 3.05) is 19.6 Å². The topological polar surface area (TPSA) is 58.4 Å². The first kappa shape index (κ1) is 16.5. The van der Waals surface area contributed by atoms with Crippen molar-refractivity contribution in [3.8, 4) is 11.1 Å². The maximum Gasteiger partial charge on any atom is 0.335 e. The molecule has 1 saturated heterocycles. The van der Waals surface area contributed by atoms with Gasteiger partial charge in [-0.25, -0.2) is 4.79 Å². The van der Waals surface area contributed by atoms with E-state index < -0.39 is 5.97 Å². The summed E-state index contributed by atoms with van der Waals surface area (Å²) in [4.78, 5) is 13.5. The van der Waals surface area contributed by atoms with Crippen molar-refractivity contribution < 1.29 is 9.90 Å². The zero-order chi connectivity index (χ0) is 14.7. The molecule has 1 aromatic heterocycles. The highest BCUT2D eigenvalue weighted by Crippen LogP contribution is 2.20. The summed E-state index contributed by atoms with van der Waals surface area (Å²) < 4.78 is 1.93. The van der Waals surface area contributed by atoms with Crippen LogP contribution in [-0.2, 0) is 6.54 Å². The van der Waals surface area contributed by atoms with E-state index in [0.717, 1.165) is 24.2 Å². The summed E-state index contributed by atoms with van der Waals surface area (Å²) in [6.07, 6.45) is 6.38. The zero-order valence-corrected chi connectivity index (χ0v) is 13.1. The zero-order valence-electron chi connectivity index (χ0n) is 12.3. The second-order valence-corrected chi connectivity index (χ2v) is 5.43. The number of hydrogen-bond donors (Lipinski definition) is 1. The van der Waals surface area contributed by atoms with Crippen LogP contribution in [0.15, 0.2) is 36.7 Å². The number of hydrogen-bond acceptors (Lipinski definition) is 3. The molecule has 1 N–H and O–H groups in total. The molecule has 0 spiro atoms. The smallest absolute Gasteiger partial charge is 0.335 e. The number of carboxylic acid groups (broad SMARTS) is 1. The largest absolute Gasteiger partial charge is 0.478 e. The molecule has 22 heavy (non-hydrogen) atoms. The first-order chi connectivity index (χ1) is 10.2. The van der Waals surface area contributed by atoms with Crippen LogP contribution in [0, 0.1) is 0 Å². The SMILES string of the molecule is Cl.O=C(O)c1cccc(-c2cnn(CCN3CCCC3)c2)c1. The van der Waals surface area contributed by atoms with Gasteiger partial charge in [0, 0.05) is 18.3 Å². The summed E-state index contributed by atoms with van der Waals surface area (Å²) in [5.74, 6) is -0.904.